The smallest absolute Gasteiger partial charge is 0.0275 e. The van der Waals surface area contributed by atoms with Gasteiger partial charge in [0.15, 0.2) is 0 Å². The van der Waals surface area contributed by atoms with Crippen molar-refractivity contribution in [2.75, 3.05) is 0 Å². The second-order valence-electron chi connectivity index (χ2n) is 1.91. The zero-order chi connectivity index (χ0) is 5.70. The van der Waals surface area contributed by atoms with Crippen molar-refractivity contribution in [2.24, 2.45) is 0 Å². The minimum atomic E-state index is 1.06. The van der Waals surface area contributed by atoms with Crippen LogP contribution in [0.5, 0.6) is 0 Å². The average Bonchev–Trinajstić information content (AvgIpc) is 1.68. The van der Waals surface area contributed by atoms with E-state index in [1.54, 1.807) is 5.92 Å². The normalized spacial score (nSPS) is 10.3. The van der Waals surface area contributed by atoms with Gasteiger partial charge in [0.2, 0.25) is 0 Å². The minimum absolute atomic E-state index is 1.06. The first kappa shape index (κ1) is 7.00. The Morgan fingerprint density at radius 3 is 2.29 bits per heavy atom. The lowest BCUT2D eigenvalue weighted by atomic mass is 10.0. The Balaban J connectivity index is 2.83. The van der Waals surface area contributed by atoms with Crippen LogP contribution in [0.3, 0.4) is 0 Å². The molecule has 0 aromatic heterocycles. The lowest BCUT2D eigenvalue weighted by molar-refractivity contribution is 0.774. The van der Waals surface area contributed by atoms with Crippen LogP contribution in [0.1, 0.15) is 33.1 Å². The summed E-state index contributed by atoms with van der Waals surface area (Å²) in [6.07, 6.45) is 3.48. The van der Waals surface area contributed by atoms with Crippen molar-refractivity contribution in [2.45, 2.75) is 33.1 Å². The van der Waals surface area contributed by atoms with Gasteiger partial charge in [-0.1, -0.05) is 33.6 Å². The van der Waals surface area contributed by atoms with Gasteiger partial charge in [0, 0.05) is 0 Å². The van der Waals surface area contributed by atoms with Gasteiger partial charge >= 0.3 is 0 Å². The molecular formula is C7H14. The molecule has 0 nitrogen and oxygen atoms in total. The quantitative estimate of drug-likeness (QED) is 0.509. The summed E-state index contributed by atoms with van der Waals surface area (Å²) in [5, 5.41) is 0. The van der Waals surface area contributed by atoms with E-state index in [0.29, 0.717) is 0 Å². The standard InChI is InChI=1S/C7H14/c1-4-6-7(3)5-2/h1,4-6H2,2-3H3. The molecule has 0 bridgehead atoms. The SMILES string of the molecule is [CH2]CC[C](C)CC. The Hall–Kier alpha value is 0. The van der Waals surface area contributed by atoms with Gasteiger partial charge in [-0.05, 0) is 12.3 Å². The Bertz CT molecular complexity index is 31.0. The maximum absolute atomic E-state index is 3.75. The lowest BCUT2D eigenvalue weighted by Crippen LogP contribution is -1.85. The molecule has 42 valence electrons. The minimum Gasteiger partial charge on any atom is -0.0648 e. The Labute approximate surface area is 46.9 Å². The fourth-order valence-corrected chi connectivity index (χ4v) is 0.479. The Morgan fingerprint density at radius 2 is 2.14 bits per heavy atom. The van der Waals surface area contributed by atoms with Crippen LogP contribution in [-0.2, 0) is 0 Å². The molecule has 0 heteroatoms. The van der Waals surface area contributed by atoms with Gasteiger partial charge < -0.3 is 0 Å². The van der Waals surface area contributed by atoms with Crippen molar-refractivity contribution in [3.8, 4) is 0 Å². The molecule has 0 N–H and O–H groups in total. The van der Waals surface area contributed by atoms with Crippen LogP contribution in [0.2, 0.25) is 0 Å². The zero-order valence-electron chi connectivity index (χ0n) is 5.33. The van der Waals surface area contributed by atoms with E-state index >= 15 is 0 Å². The zero-order valence-corrected chi connectivity index (χ0v) is 5.33. The van der Waals surface area contributed by atoms with E-state index in [2.05, 4.69) is 20.8 Å². The summed E-state index contributed by atoms with van der Waals surface area (Å²) in [7, 11) is 0. The van der Waals surface area contributed by atoms with E-state index in [1.165, 1.54) is 12.8 Å². The molecule has 0 aromatic rings. The molecule has 0 spiro atoms. The molecule has 0 fully saturated rings. The molecule has 0 unspecified atom stereocenters. The van der Waals surface area contributed by atoms with Gasteiger partial charge in [0.1, 0.15) is 0 Å². The van der Waals surface area contributed by atoms with Crippen LogP contribution in [0, 0.1) is 12.8 Å². The van der Waals surface area contributed by atoms with Crippen LogP contribution in [-0.4, -0.2) is 0 Å². The third-order valence-corrected chi connectivity index (χ3v) is 1.21. The van der Waals surface area contributed by atoms with E-state index in [4.69, 9.17) is 0 Å². The maximum atomic E-state index is 3.75. The third kappa shape index (κ3) is 3.84. The van der Waals surface area contributed by atoms with Gasteiger partial charge in [-0.2, -0.15) is 0 Å². The highest BCUT2D eigenvalue weighted by Gasteiger charge is 1.93. The van der Waals surface area contributed by atoms with Crippen LogP contribution < -0.4 is 0 Å². The summed E-state index contributed by atoms with van der Waals surface area (Å²) in [5.74, 6) is 1.56. The van der Waals surface area contributed by atoms with E-state index in [9.17, 15) is 0 Å². The van der Waals surface area contributed by atoms with Crippen molar-refractivity contribution in [3.05, 3.63) is 12.8 Å². The van der Waals surface area contributed by atoms with Crippen molar-refractivity contribution in [1.82, 2.24) is 0 Å². The molecular weight excluding hydrogens is 84.1 g/mol. The fourth-order valence-electron chi connectivity index (χ4n) is 0.479. The van der Waals surface area contributed by atoms with Gasteiger partial charge in [-0.15, -0.1) is 0 Å². The summed E-state index contributed by atoms with van der Waals surface area (Å²) in [5.41, 5.74) is 0. The van der Waals surface area contributed by atoms with Crippen LogP contribution in [0.25, 0.3) is 0 Å². The van der Waals surface area contributed by atoms with Crippen LogP contribution in [0.4, 0.5) is 0 Å². The molecule has 0 aromatic carbocycles. The van der Waals surface area contributed by atoms with Crippen molar-refractivity contribution >= 4 is 0 Å². The number of hydrogen-bond acceptors (Lipinski definition) is 0. The first-order chi connectivity index (χ1) is 3.31. The fraction of sp³-hybridized carbons (Fsp3) is 0.714. The first-order valence-electron chi connectivity index (χ1n) is 2.91. The van der Waals surface area contributed by atoms with E-state index in [0.717, 1.165) is 6.42 Å². The van der Waals surface area contributed by atoms with Crippen LogP contribution >= 0.6 is 0 Å². The summed E-state index contributed by atoms with van der Waals surface area (Å²) in [6.45, 7) is 8.12. The Morgan fingerprint density at radius 1 is 1.57 bits per heavy atom. The van der Waals surface area contributed by atoms with Gasteiger partial charge in [0.25, 0.3) is 0 Å². The van der Waals surface area contributed by atoms with Gasteiger partial charge in [-0.3, -0.25) is 0 Å². The maximum Gasteiger partial charge on any atom is -0.0275 e. The second kappa shape index (κ2) is 4.17. The predicted molar refractivity (Wildman–Crippen MR) is 33.8 cm³/mol. The summed E-state index contributed by atoms with van der Waals surface area (Å²) in [4.78, 5) is 0. The van der Waals surface area contributed by atoms with Crippen molar-refractivity contribution in [3.63, 3.8) is 0 Å². The summed E-state index contributed by atoms with van der Waals surface area (Å²) >= 11 is 0. The Kier molecular flexibility index (Phi) is 4.17. The molecule has 0 amide bonds. The van der Waals surface area contributed by atoms with Crippen molar-refractivity contribution < 1.29 is 0 Å². The molecule has 7 heavy (non-hydrogen) atoms. The van der Waals surface area contributed by atoms with E-state index in [1.807, 2.05) is 0 Å². The topological polar surface area (TPSA) is 0 Å². The highest BCUT2D eigenvalue weighted by atomic mass is 14.0. The second-order valence-corrected chi connectivity index (χ2v) is 1.91. The molecule has 2 radical (unpaired) electrons. The highest BCUT2D eigenvalue weighted by Crippen LogP contribution is 2.09. The van der Waals surface area contributed by atoms with Gasteiger partial charge in [0.05, 0.1) is 0 Å². The first-order valence-corrected chi connectivity index (χ1v) is 2.91. The average molecular weight is 98.2 g/mol. The van der Waals surface area contributed by atoms with E-state index in [-0.39, 0.29) is 0 Å². The summed E-state index contributed by atoms with van der Waals surface area (Å²) in [6, 6.07) is 0. The molecule has 0 aliphatic rings. The largest absolute Gasteiger partial charge is 0.0648 e. The van der Waals surface area contributed by atoms with Gasteiger partial charge in [-0.25, -0.2) is 0 Å². The molecule has 0 atom stereocenters. The molecule has 0 saturated heterocycles. The lowest BCUT2D eigenvalue weighted by Gasteiger charge is -2.01. The summed E-state index contributed by atoms with van der Waals surface area (Å²) < 4.78 is 0. The molecule has 0 saturated carbocycles. The van der Waals surface area contributed by atoms with E-state index < -0.39 is 0 Å². The molecule has 0 aliphatic carbocycles. The van der Waals surface area contributed by atoms with Crippen LogP contribution in [0.15, 0.2) is 0 Å². The third-order valence-electron chi connectivity index (χ3n) is 1.21. The van der Waals surface area contributed by atoms with Crippen molar-refractivity contribution in [1.29, 1.82) is 0 Å². The number of rotatable bonds is 3. The molecule has 0 rings (SSSR count). The monoisotopic (exact) mass is 98.1 g/mol. The number of hydrogen-bond donors (Lipinski definition) is 0. The predicted octanol–water partition coefficient (Wildman–Crippen LogP) is 2.61. The highest BCUT2D eigenvalue weighted by molar-refractivity contribution is 4.81. The molecule has 0 heterocycles. The molecule has 0 aliphatic heterocycles.